The molecule has 3 rings (SSSR count). The Bertz CT molecular complexity index is 616. The molecular formula is C17H16O2. The molecule has 1 unspecified atom stereocenters. The van der Waals surface area contributed by atoms with E-state index >= 15 is 0 Å². The molecule has 0 saturated carbocycles. The van der Waals surface area contributed by atoms with Crippen molar-refractivity contribution in [2.24, 2.45) is 0 Å². The van der Waals surface area contributed by atoms with Crippen LogP contribution in [0.4, 0.5) is 0 Å². The van der Waals surface area contributed by atoms with Gasteiger partial charge in [0.05, 0.1) is 7.11 Å². The fourth-order valence-electron chi connectivity index (χ4n) is 2.68. The van der Waals surface area contributed by atoms with E-state index in [9.17, 15) is 4.79 Å². The zero-order valence-corrected chi connectivity index (χ0v) is 10.9. The van der Waals surface area contributed by atoms with Gasteiger partial charge in [0, 0.05) is 12.0 Å². The van der Waals surface area contributed by atoms with Gasteiger partial charge in [-0.3, -0.25) is 4.79 Å². The number of ether oxygens (including phenoxy) is 1. The van der Waals surface area contributed by atoms with Gasteiger partial charge < -0.3 is 4.74 Å². The number of benzene rings is 2. The van der Waals surface area contributed by atoms with E-state index in [4.69, 9.17) is 4.74 Å². The Morgan fingerprint density at radius 2 is 2.05 bits per heavy atom. The number of methoxy groups -OCH3 is 1. The maximum absolute atomic E-state index is 12.3. The lowest BCUT2D eigenvalue weighted by Gasteiger charge is -2.29. The summed E-state index contributed by atoms with van der Waals surface area (Å²) in [6.45, 7) is 0. The molecule has 1 aliphatic rings. The lowest BCUT2D eigenvalue weighted by molar-refractivity contribution is 0.0970. The first-order valence-electron chi connectivity index (χ1n) is 6.53. The van der Waals surface area contributed by atoms with Crippen LogP contribution in [0, 0.1) is 0 Å². The van der Waals surface area contributed by atoms with E-state index < -0.39 is 0 Å². The first-order valence-corrected chi connectivity index (χ1v) is 6.53. The average Bonchev–Trinajstić information content (AvgIpc) is 2.44. The number of hydrogen-bond donors (Lipinski definition) is 0. The predicted octanol–water partition coefficient (Wildman–Crippen LogP) is 3.61. The number of carbonyl (C=O) groups excluding carboxylic acids is 1. The first-order chi connectivity index (χ1) is 9.28. The summed E-state index contributed by atoms with van der Waals surface area (Å²) in [5.74, 6) is 1.31. The quantitative estimate of drug-likeness (QED) is 0.777. The number of Topliss-reactive ketones (excluding diaryl/α,β-unsaturated/α-hetero) is 1. The molecule has 0 saturated heterocycles. The molecule has 2 nitrogen and oxygen atoms in total. The van der Waals surface area contributed by atoms with Gasteiger partial charge in [0.15, 0.2) is 5.78 Å². The summed E-state index contributed by atoms with van der Waals surface area (Å²) in [6.07, 6.45) is 1.61. The minimum atomic E-state index is 0.193. The van der Waals surface area contributed by atoms with Crippen LogP contribution in [0.15, 0.2) is 48.5 Å². The zero-order chi connectivity index (χ0) is 13.2. The van der Waals surface area contributed by atoms with E-state index in [0.717, 1.165) is 17.7 Å². The SMILES string of the molecule is COc1cccc(C(=O)CC2Cc3ccccc32)c1. The first kappa shape index (κ1) is 12.0. The van der Waals surface area contributed by atoms with Crippen LogP contribution in [0.5, 0.6) is 5.75 Å². The highest BCUT2D eigenvalue weighted by molar-refractivity contribution is 5.97. The van der Waals surface area contributed by atoms with Gasteiger partial charge >= 0.3 is 0 Å². The van der Waals surface area contributed by atoms with Crippen molar-refractivity contribution in [3.63, 3.8) is 0 Å². The minimum Gasteiger partial charge on any atom is -0.497 e. The molecule has 96 valence electrons. The second kappa shape index (κ2) is 4.88. The summed E-state index contributed by atoms with van der Waals surface area (Å²) in [4.78, 5) is 12.3. The minimum absolute atomic E-state index is 0.193. The molecule has 0 spiro atoms. The third-order valence-corrected chi connectivity index (χ3v) is 3.78. The lowest BCUT2D eigenvalue weighted by Crippen LogP contribution is -2.20. The van der Waals surface area contributed by atoms with Crippen LogP contribution in [0.1, 0.15) is 33.8 Å². The summed E-state index contributed by atoms with van der Waals surface area (Å²) in [7, 11) is 1.62. The summed E-state index contributed by atoms with van der Waals surface area (Å²) < 4.78 is 5.15. The molecule has 2 aromatic rings. The monoisotopic (exact) mass is 252 g/mol. The normalized spacial score (nSPS) is 16.4. The van der Waals surface area contributed by atoms with Crippen LogP contribution < -0.4 is 4.74 Å². The van der Waals surface area contributed by atoms with E-state index in [-0.39, 0.29) is 5.78 Å². The average molecular weight is 252 g/mol. The van der Waals surface area contributed by atoms with Gasteiger partial charge in [0.25, 0.3) is 0 Å². The smallest absolute Gasteiger partial charge is 0.163 e. The third-order valence-electron chi connectivity index (χ3n) is 3.78. The predicted molar refractivity (Wildman–Crippen MR) is 74.8 cm³/mol. The van der Waals surface area contributed by atoms with Crippen LogP contribution >= 0.6 is 0 Å². The zero-order valence-electron chi connectivity index (χ0n) is 10.9. The molecule has 0 N–H and O–H groups in total. The molecular weight excluding hydrogens is 236 g/mol. The summed E-state index contributed by atoms with van der Waals surface area (Å²) in [6, 6.07) is 15.8. The van der Waals surface area contributed by atoms with Crippen molar-refractivity contribution in [2.45, 2.75) is 18.8 Å². The second-order valence-corrected chi connectivity index (χ2v) is 4.96. The molecule has 0 aromatic heterocycles. The van der Waals surface area contributed by atoms with Gasteiger partial charge in [-0.25, -0.2) is 0 Å². The highest BCUT2D eigenvalue weighted by atomic mass is 16.5. The van der Waals surface area contributed by atoms with Crippen LogP contribution in [0.3, 0.4) is 0 Å². The highest BCUT2D eigenvalue weighted by Crippen LogP contribution is 2.38. The molecule has 0 radical (unpaired) electrons. The Labute approximate surface area is 113 Å². The molecule has 0 heterocycles. The van der Waals surface area contributed by atoms with Crippen LogP contribution in [-0.2, 0) is 6.42 Å². The Morgan fingerprint density at radius 1 is 1.21 bits per heavy atom. The van der Waals surface area contributed by atoms with E-state index in [0.29, 0.717) is 12.3 Å². The van der Waals surface area contributed by atoms with E-state index in [2.05, 4.69) is 18.2 Å². The number of hydrogen-bond acceptors (Lipinski definition) is 2. The van der Waals surface area contributed by atoms with Gasteiger partial charge in [-0.15, -0.1) is 0 Å². The topological polar surface area (TPSA) is 26.3 Å². The Balaban J connectivity index is 1.73. The summed E-state index contributed by atoms with van der Waals surface area (Å²) >= 11 is 0. The fourth-order valence-corrected chi connectivity index (χ4v) is 2.68. The molecule has 1 atom stereocenters. The largest absolute Gasteiger partial charge is 0.497 e. The molecule has 0 fully saturated rings. The highest BCUT2D eigenvalue weighted by Gasteiger charge is 2.27. The maximum atomic E-state index is 12.3. The van der Waals surface area contributed by atoms with Crippen LogP contribution in [-0.4, -0.2) is 12.9 Å². The number of ketones is 1. The van der Waals surface area contributed by atoms with Gasteiger partial charge in [-0.05, 0) is 35.6 Å². The molecule has 2 heteroatoms. The molecule has 0 bridgehead atoms. The Kier molecular flexibility index (Phi) is 3.08. The van der Waals surface area contributed by atoms with Crippen molar-refractivity contribution < 1.29 is 9.53 Å². The van der Waals surface area contributed by atoms with Gasteiger partial charge in [-0.2, -0.15) is 0 Å². The van der Waals surface area contributed by atoms with Crippen molar-refractivity contribution in [1.82, 2.24) is 0 Å². The van der Waals surface area contributed by atoms with Crippen molar-refractivity contribution >= 4 is 5.78 Å². The number of rotatable bonds is 4. The van der Waals surface area contributed by atoms with E-state index in [1.165, 1.54) is 11.1 Å². The Morgan fingerprint density at radius 3 is 2.84 bits per heavy atom. The molecule has 2 aromatic carbocycles. The van der Waals surface area contributed by atoms with Gasteiger partial charge in [-0.1, -0.05) is 36.4 Å². The van der Waals surface area contributed by atoms with Crippen LogP contribution in [0.25, 0.3) is 0 Å². The number of carbonyl (C=O) groups is 1. The van der Waals surface area contributed by atoms with Crippen molar-refractivity contribution in [1.29, 1.82) is 0 Å². The molecule has 19 heavy (non-hydrogen) atoms. The van der Waals surface area contributed by atoms with Crippen molar-refractivity contribution in [3.05, 3.63) is 65.2 Å². The maximum Gasteiger partial charge on any atom is 0.163 e. The lowest BCUT2D eigenvalue weighted by atomic mass is 9.74. The third kappa shape index (κ3) is 2.26. The molecule has 1 aliphatic carbocycles. The van der Waals surface area contributed by atoms with Crippen molar-refractivity contribution in [3.8, 4) is 5.75 Å². The van der Waals surface area contributed by atoms with E-state index in [1.54, 1.807) is 7.11 Å². The molecule has 0 aliphatic heterocycles. The Hall–Kier alpha value is -2.09. The van der Waals surface area contributed by atoms with Crippen molar-refractivity contribution in [2.75, 3.05) is 7.11 Å². The van der Waals surface area contributed by atoms with E-state index in [1.807, 2.05) is 30.3 Å². The summed E-state index contributed by atoms with van der Waals surface area (Å²) in [5, 5.41) is 0. The fraction of sp³-hybridized carbons (Fsp3) is 0.235. The standard InChI is InChI=1S/C17H16O2/c1-19-15-7-4-6-13(10-15)17(18)11-14-9-12-5-2-3-8-16(12)14/h2-8,10,14H,9,11H2,1H3. The van der Waals surface area contributed by atoms with Crippen LogP contribution in [0.2, 0.25) is 0 Å². The second-order valence-electron chi connectivity index (χ2n) is 4.96. The van der Waals surface area contributed by atoms with Gasteiger partial charge in [0.1, 0.15) is 5.75 Å². The van der Waals surface area contributed by atoms with Gasteiger partial charge in [0.2, 0.25) is 0 Å². The number of fused-ring (bicyclic) bond motifs is 1. The summed E-state index contributed by atoms with van der Waals surface area (Å²) in [5.41, 5.74) is 3.45. The molecule has 0 amide bonds.